The highest BCUT2D eigenvalue weighted by atomic mass is 32.2. The van der Waals surface area contributed by atoms with E-state index < -0.39 is 10.0 Å². The van der Waals surface area contributed by atoms with Crippen molar-refractivity contribution in [2.24, 2.45) is 0 Å². The zero-order valence-electron chi connectivity index (χ0n) is 10.7. The Hall–Kier alpha value is -0.130. The van der Waals surface area contributed by atoms with Gasteiger partial charge in [0.2, 0.25) is 10.0 Å². The third-order valence-electron chi connectivity index (χ3n) is 2.16. The molecular weight excluding hydrogens is 226 g/mol. The van der Waals surface area contributed by atoms with E-state index in [1.165, 1.54) is 0 Å². The summed E-state index contributed by atoms with van der Waals surface area (Å²) in [5.41, 5.74) is 0. The van der Waals surface area contributed by atoms with Crippen molar-refractivity contribution < 1.29 is 13.2 Å². The molecule has 0 radical (unpaired) electrons. The van der Waals surface area contributed by atoms with Crippen LogP contribution in [0.25, 0.3) is 0 Å². The van der Waals surface area contributed by atoms with E-state index in [-0.39, 0.29) is 18.5 Å². The lowest BCUT2D eigenvalue weighted by Gasteiger charge is -2.09. The van der Waals surface area contributed by atoms with Crippen LogP contribution in [0.4, 0.5) is 0 Å². The molecule has 0 spiro atoms. The molecule has 0 aromatic rings. The van der Waals surface area contributed by atoms with Crippen LogP contribution in [0.3, 0.4) is 0 Å². The molecule has 5 heteroatoms. The second-order valence-electron chi connectivity index (χ2n) is 4.19. The average molecular weight is 251 g/mol. The van der Waals surface area contributed by atoms with E-state index in [0.717, 1.165) is 25.7 Å². The highest BCUT2D eigenvalue weighted by Crippen LogP contribution is 1.98. The highest BCUT2D eigenvalue weighted by molar-refractivity contribution is 7.89. The number of sulfonamides is 1. The molecule has 1 N–H and O–H groups in total. The molecule has 0 heterocycles. The van der Waals surface area contributed by atoms with Gasteiger partial charge in [-0.05, 0) is 20.3 Å². The zero-order chi connectivity index (χ0) is 12.4. The van der Waals surface area contributed by atoms with Crippen LogP contribution in [0.1, 0.15) is 46.5 Å². The molecule has 16 heavy (non-hydrogen) atoms. The Balaban J connectivity index is 3.55. The Morgan fingerprint density at radius 3 is 2.44 bits per heavy atom. The van der Waals surface area contributed by atoms with Gasteiger partial charge in [-0.3, -0.25) is 0 Å². The number of ether oxygens (including phenoxy) is 1. The molecule has 0 aliphatic rings. The van der Waals surface area contributed by atoms with E-state index in [4.69, 9.17) is 4.74 Å². The third-order valence-corrected chi connectivity index (χ3v) is 3.50. The molecular formula is C11H25NO3S. The maximum Gasteiger partial charge on any atom is 0.213 e. The minimum atomic E-state index is -3.14. The van der Waals surface area contributed by atoms with Crippen molar-refractivity contribution in [3.63, 3.8) is 0 Å². The predicted octanol–water partition coefficient (Wildman–Crippen LogP) is 1.91. The Morgan fingerprint density at radius 1 is 1.19 bits per heavy atom. The van der Waals surface area contributed by atoms with E-state index in [2.05, 4.69) is 11.6 Å². The normalized spacial score (nSPS) is 12.2. The van der Waals surface area contributed by atoms with E-state index in [9.17, 15) is 8.42 Å². The van der Waals surface area contributed by atoms with Gasteiger partial charge in [-0.1, -0.05) is 26.2 Å². The first-order valence-corrected chi connectivity index (χ1v) is 7.72. The maximum absolute atomic E-state index is 11.5. The molecule has 0 amide bonds. The average Bonchev–Trinajstić information content (AvgIpc) is 2.16. The van der Waals surface area contributed by atoms with Gasteiger partial charge >= 0.3 is 0 Å². The summed E-state index contributed by atoms with van der Waals surface area (Å²) in [7, 11) is -3.14. The Bertz CT molecular complexity index is 250. The Labute approximate surface area is 99.8 Å². The zero-order valence-corrected chi connectivity index (χ0v) is 11.5. The summed E-state index contributed by atoms with van der Waals surface area (Å²) in [6.45, 7) is 6.73. The van der Waals surface area contributed by atoms with Gasteiger partial charge in [-0.15, -0.1) is 0 Å². The highest BCUT2D eigenvalue weighted by Gasteiger charge is 2.09. The summed E-state index contributed by atoms with van der Waals surface area (Å²) in [5, 5.41) is 0. The molecule has 0 aromatic heterocycles. The monoisotopic (exact) mass is 251 g/mol. The number of unbranched alkanes of at least 4 members (excludes halogenated alkanes) is 3. The quantitative estimate of drug-likeness (QED) is 0.603. The lowest BCUT2D eigenvalue weighted by atomic mass is 10.2. The number of hydrogen-bond acceptors (Lipinski definition) is 3. The fourth-order valence-corrected chi connectivity index (χ4v) is 2.16. The van der Waals surface area contributed by atoms with E-state index >= 15 is 0 Å². The minimum absolute atomic E-state index is 0.0545. The van der Waals surface area contributed by atoms with Crippen molar-refractivity contribution in [1.29, 1.82) is 0 Å². The van der Waals surface area contributed by atoms with Crippen molar-refractivity contribution in [1.82, 2.24) is 4.72 Å². The van der Waals surface area contributed by atoms with Gasteiger partial charge in [0, 0.05) is 6.54 Å². The largest absolute Gasteiger partial charge is 0.378 e. The van der Waals surface area contributed by atoms with Crippen LogP contribution >= 0.6 is 0 Å². The van der Waals surface area contributed by atoms with Gasteiger partial charge in [-0.25, -0.2) is 13.1 Å². The topological polar surface area (TPSA) is 55.4 Å². The van der Waals surface area contributed by atoms with Crippen molar-refractivity contribution in [3.8, 4) is 0 Å². The Kier molecular flexibility index (Phi) is 8.89. The molecule has 0 fully saturated rings. The van der Waals surface area contributed by atoms with E-state index in [1.807, 2.05) is 13.8 Å². The van der Waals surface area contributed by atoms with Crippen molar-refractivity contribution in [2.75, 3.05) is 18.9 Å². The van der Waals surface area contributed by atoms with Gasteiger partial charge in [0.1, 0.15) is 0 Å². The van der Waals surface area contributed by atoms with E-state index in [0.29, 0.717) is 6.54 Å². The lowest BCUT2D eigenvalue weighted by molar-refractivity contribution is 0.0911. The van der Waals surface area contributed by atoms with Crippen molar-refractivity contribution >= 4 is 10.0 Å². The molecule has 0 saturated carbocycles. The van der Waals surface area contributed by atoms with E-state index in [1.54, 1.807) is 0 Å². The smallest absolute Gasteiger partial charge is 0.213 e. The van der Waals surface area contributed by atoms with Gasteiger partial charge < -0.3 is 4.74 Å². The van der Waals surface area contributed by atoms with Gasteiger partial charge in [0.15, 0.2) is 0 Å². The fraction of sp³-hybridized carbons (Fsp3) is 1.00. The first kappa shape index (κ1) is 15.9. The van der Waals surface area contributed by atoms with Gasteiger partial charge in [0.05, 0.1) is 18.5 Å². The number of hydrogen-bond donors (Lipinski definition) is 1. The summed E-state index contributed by atoms with van der Waals surface area (Å²) in [6.07, 6.45) is 4.41. The number of nitrogens with one attached hydrogen (secondary N) is 1. The molecule has 0 bridgehead atoms. The SMILES string of the molecule is CCCCCCNS(=O)(=O)CCOC(C)C. The molecule has 4 nitrogen and oxygen atoms in total. The van der Waals surface area contributed by atoms with Gasteiger partial charge in [0.25, 0.3) is 0 Å². The van der Waals surface area contributed by atoms with Gasteiger partial charge in [-0.2, -0.15) is 0 Å². The molecule has 0 aliphatic carbocycles. The van der Waals surface area contributed by atoms with Crippen LogP contribution in [-0.4, -0.2) is 33.4 Å². The molecule has 0 atom stereocenters. The van der Waals surface area contributed by atoms with Crippen LogP contribution in [0.5, 0.6) is 0 Å². The summed E-state index contributed by atoms with van der Waals surface area (Å²) in [4.78, 5) is 0. The summed E-state index contributed by atoms with van der Waals surface area (Å²) < 4.78 is 30.7. The van der Waals surface area contributed by atoms with Crippen LogP contribution in [0.15, 0.2) is 0 Å². The summed E-state index contributed by atoms with van der Waals surface area (Å²) >= 11 is 0. The van der Waals surface area contributed by atoms with Crippen molar-refractivity contribution in [2.45, 2.75) is 52.6 Å². The maximum atomic E-state index is 11.5. The molecule has 0 unspecified atom stereocenters. The first-order chi connectivity index (χ1) is 7.48. The first-order valence-electron chi connectivity index (χ1n) is 6.07. The summed E-state index contributed by atoms with van der Waals surface area (Å²) in [6, 6.07) is 0. The lowest BCUT2D eigenvalue weighted by Crippen LogP contribution is -2.29. The molecule has 0 aliphatic heterocycles. The van der Waals surface area contributed by atoms with Crippen LogP contribution in [0.2, 0.25) is 0 Å². The second-order valence-corrected chi connectivity index (χ2v) is 6.12. The predicted molar refractivity (Wildman–Crippen MR) is 67.0 cm³/mol. The minimum Gasteiger partial charge on any atom is -0.378 e. The number of rotatable bonds is 10. The molecule has 0 saturated heterocycles. The molecule has 98 valence electrons. The second kappa shape index (κ2) is 8.96. The summed E-state index contributed by atoms with van der Waals surface area (Å²) in [5.74, 6) is 0.0545. The molecule has 0 rings (SSSR count). The molecule has 0 aromatic carbocycles. The Morgan fingerprint density at radius 2 is 1.88 bits per heavy atom. The van der Waals surface area contributed by atoms with Crippen LogP contribution < -0.4 is 4.72 Å². The van der Waals surface area contributed by atoms with Crippen LogP contribution in [-0.2, 0) is 14.8 Å². The van der Waals surface area contributed by atoms with Crippen LogP contribution in [0, 0.1) is 0 Å². The van der Waals surface area contributed by atoms with Crippen molar-refractivity contribution in [3.05, 3.63) is 0 Å². The fourth-order valence-electron chi connectivity index (χ4n) is 1.25. The third kappa shape index (κ3) is 10.4. The standard InChI is InChI=1S/C11H25NO3S/c1-4-5-6-7-8-12-16(13,14)10-9-15-11(2)3/h11-12H,4-10H2,1-3H3.